The summed E-state index contributed by atoms with van der Waals surface area (Å²) in [4.78, 5) is 2.64. The molecule has 2 aliphatic rings. The molecule has 1 aliphatic carbocycles. The van der Waals surface area contributed by atoms with Crippen LogP contribution in [0.25, 0.3) is 0 Å². The van der Waals surface area contributed by atoms with Crippen molar-refractivity contribution in [1.82, 2.24) is 4.90 Å². The number of nitrogens with zero attached hydrogens (tertiary/aromatic N) is 1. The van der Waals surface area contributed by atoms with Crippen LogP contribution >= 0.6 is 0 Å². The van der Waals surface area contributed by atoms with E-state index in [4.69, 9.17) is 0 Å². The molecule has 2 rings (SSSR count). The van der Waals surface area contributed by atoms with Gasteiger partial charge in [0, 0.05) is 6.54 Å². The van der Waals surface area contributed by atoms with Crippen LogP contribution < -0.4 is 12.4 Å². The minimum atomic E-state index is 0. The van der Waals surface area contributed by atoms with Gasteiger partial charge in [-0.05, 0) is 31.8 Å². The first-order chi connectivity index (χ1) is 5.45. The van der Waals surface area contributed by atoms with Crippen LogP contribution in [-0.2, 0) is 0 Å². The summed E-state index contributed by atoms with van der Waals surface area (Å²) in [6.07, 6.45) is 9.57. The number of piperidine rings is 1. The number of likely N-dealkylation sites (tertiary alicyclic amines) is 1. The molecule has 0 aromatic heterocycles. The molecule has 0 atom stereocenters. The molecular formula is C10H18ClMgN. The number of hydrogen-bond acceptors (Lipinski definition) is 1. The van der Waals surface area contributed by atoms with Crippen molar-refractivity contribution in [1.29, 1.82) is 0 Å². The van der Waals surface area contributed by atoms with Crippen molar-refractivity contribution in [2.75, 3.05) is 19.6 Å². The molecule has 72 valence electrons. The van der Waals surface area contributed by atoms with E-state index in [0.717, 1.165) is 5.92 Å². The summed E-state index contributed by atoms with van der Waals surface area (Å²) >= 11 is 0. The van der Waals surface area contributed by atoms with Gasteiger partial charge in [0.05, 0.1) is 0 Å². The maximum absolute atomic E-state index is 2.64. The summed E-state index contributed by atoms with van der Waals surface area (Å²) in [5, 5.41) is 0. The molecule has 13 heavy (non-hydrogen) atoms. The van der Waals surface area contributed by atoms with Gasteiger partial charge < -0.3 is 23.7 Å². The van der Waals surface area contributed by atoms with E-state index in [9.17, 15) is 0 Å². The van der Waals surface area contributed by atoms with Gasteiger partial charge in [0.25, 0.3) is 0 Å². The smallest absolute Gasteiger partial charge is 1.00 e. The quantitative estimate of drug-likeness (QED) is 0.406. The summed E-state index contributed by atoms with van der Waals surface area (Å²) in [5.74, 6) is 1.06. The molecule has 0 bridgehead atoms. The predicted octanol–water partition coefficient (Wildman–Crippen LogP) is -1.29. The van der Waals surface area contributed by atoms with E-state index in [1.807, 2.05) is 0 Å². The Labute approximate surface area is 104 Å². The van der Waals surface area contributed by atoms with Gasteiger partial charge >= 0.3 is 23.1 Å². The van der Waals surface area contributed by atoms with E-state index in [0.29, 0.717) is 0 Å². The second-order valence-electron chi connectivity index (χ2n) is 3.96. The standard InChI is InChI=1S/C10H18N.ClH.Mg/c1-2-7-11(8-3-1)9-10-5-4-6-10;;/h1,10H,2-9H2;1H;/q-1;;+2/p-1. The van der Waals surface area contributed by atoms with Crippen LogP contribution in [0.4, 0.5) is 0 Å². The molecule has 2 fully saturated rings. The topological polar surface area (TPSA) is 3.24 Å². The zero-order valence-electron chi connectivity index (χ0n) is 8.34. The average molecular weight is 212 g/mol. The van der Waals surface area contributed by atoms with Gasteiger partial charge in [-0.15, -0.1) is 0 Å². The van der Waals surface area contributed by atoms with E-state index in [-0.39, 0.29) is 35.5 Å². The molecule has 1 aliphatic heterocycles. The third-order valence-electron chi connectivity index (χ3n) is 3.04. The van der Waals surface area contributed by atoms with Crippen LogP contribution in [0.5, 0.6) is 0 Å². The van der Waals surface area contributed by atoms with Crippen LogP contribution in [0, 0.1) is 12.3 Å². The van der Waals surface area contributed by atoms with Crippen molar-refractivity contribution >= 4 is 23.1 Å². The normalized spacial score (nSPS) is 24.0. The Morgan fingerprint density at radius 2 is 1.77 bits per heavy atom. The Kier molecular flexibility index (Phi) is 7.90. The molecule has 0 unspecified atom stereocenters. The summed E-state index contributed by atoms with van der Waals surface area (Å²) < 4.78 is 0. The zero-order chi connectivity index (χ0) is 7.52. The summed E-state index contributed by atoms with van der Waals surface area (Å²) in [5.41, 5.74) is 0. The van der Waals surface area contributed by atoms with Crippen LogP contribution in [-0.4, -0.2) is 47.6 Å². The van der Waals surface area contributed by atoms with Crippen molar-refractivity contribution in [3.63, 3.8) is 0 Å². The van der Waals surface area contributed by atoms with Gasteiger partial charge in [-0.25, -0.2) is 0 Å². The third kappa shape index (κ3) is 4.37. The number of halogens is 1. The maximum Gasteiger partial charge on any atom is 2.00 e. The molecule has 0 aromatic rings. The number of hydrogen-bond donors (Lipinski definition) is 0. The minimum Gasteiger partial charge on any atom is -1.00 e. The summed E-state index contributed by atoms with van der Waals surface area (Å²) in [7, 11) is 0. The fraction of sp³-hybridized carbons (Fsp3) is 0.900. The van der Waals surface area contributed by atoms with Crippen molar-refractivity contribution in [2.24, 2.45) is 5.92 Å². The van der Waals surface area contributed by atoms with E-state index in [1.54, 1.807) is 0 Å². The van der Waals surface area contributed by atoms with Crippen molar-refractivity contribution in [3.8, 4) is 0 Å². The number of rotatable bonds is 2. The Morgan fingerprint density at radius 3 is 2.23 bits per heavy atom. The predicted molar refractivity (Wildman–Crippen MR) is 53.1 cm³/mol. The largest absolute Gasteiger partial charge is 2.00 e. The second kappa shape index (κ2) is 7.33. The first-order valence-electron chi connectivity index (χ1n) is 4.99. The average Bonchev–Trinajstić information content (AvgIpc) is 1.99. The molecule has 0 aromatic carbocycles. The van der Waals surface area contributed by atoms with Gasteiger partial charge in [0.2, 0.25) is 0 Å². The maximum atomic E-state index is 2.64. The molecule has 1 saturated carbocycles. The Morgan fingerprint density at radius 1 is 1.15 bits per heavy atom. The van der Waals surface area contributed by atoms with Crippen LogP contribution in [0.1, 0.15) is 32.1 Å². The fourth-order valence-corrected chi connectivity index (χ4v) is 2.03. The second-order valence-corrected chi connectivity index (χ2v) is 3.96. The van der Waals surface area contributed by atoms with Crippen molar-refractivity contribution in [3.05, 3.63) is 6.42 Å². The van der Waals surface area contributed by atoms with Gasteiger partial charge in [-0.1, -0.05) is 6.42 Å². The van der Waals surface area contributed by atoms with Crippen LogP contribution in [0.2, 0.25) is 0 Å². The van der Waals surface area contributed by atoms with Crippen molar-refractivity contribution < 1.29 is 12.4 Å². The molecule has 0 N–H and O–H groups in total. The first-order valence-corrected chi connectivity index (χ1v) is 4.99. The molecule has 0 spiro atoms. The molecule has 3 heteroatoms. The van der Waals surface area contributed by atoms with Crippen LogP contribution in [0.3, 0.4) is 0 Å². The Bertz CT molecular complexity index is 122. The van der Waals surface area contributed by atoms with Crippen LogP contribution in [0.15, 0.2) is 0 Å². The molecule has 1 nitrogen and oxygen atoms in total. The fourth-order valence-electron chi connectivity index (χ4n) is 2.03. The molecule has 0 radical (unpaired) electrons. The third-order valence-corrected chi connectivity index (χ3v) is 3.04. The SMILES string of the molecule is [CH-]1CCN(CC2CCC2)CC1.[Cl-].[Mg+2]. The Balaban J connectivity index is 0.000000720. The minimum absolute atomic E-state index is 0. The molecule has 1 heterocycles. The van der Waals surface area contributed by atoms with Gasteiger partial charge in [-0.3, -0.25) is 0 Å². The van der Waals surface area contributed by atoms with Gasteiger partial charge in [0.15, 0.2) is 0 Å². The Hall–Kier alpha value is 1.02. The summed E-state index contributed by atoms with van der Waals surface area (Å²) in [6, 6.07) is 0. The van der Waals surface area contributed by atoms with Gasteiger partial charge in [0.1, 0.15) is 0 Å². The van der Waals surface area contributed by atoms with E-state index >= 15 is 0 Å². The monoisotopic (exact) mass is 211 g/mol. The van der Waals surface area contributed by atoms with E-state index in [2.05, 4.69) is 11.3 Å². The molecule has 1 saturated heterocycles. The summed E-state index contributed by atoms with van der Waals surface area (Å²) in [6.45, 7) is 4.06. The first kappa shape index (κ1) is 14.0. The van der Waals surface area contributed by atoms with Crippen molar-refractivity contribution in [2.45, 2.75) is 32.1 Å². The zero-order valence-corrected chi connectivity index (χ0v) is 10.5. The van der Waals surface area contributed by atoms with Gasteiger partial charge in [-0.2, -0.15) is 12.8 Å². The van der Waals surface area contributed by atoms with E-state index < -0.39 is 0 Å². The van der Waals surface area contributed by atoms with E-state index in [1.165, 1.54) is 51.7 Å². The molecule has 0 amide bonds. The molecular weight excluding hydrogens is 194 g/mol.